The van der Waals surface area contributed by atoms with Crippen molar-refractivity contribution in [3.63, 3.8) is 0 Å². The molecule has 0 spiro atoms. The number of hydrogen-bond donors (Lipinski definition) is 2. The molecule has 3 aromatic carbocycles. The van der Waals surface area contributed by atoms with Crippen LogP contribution in [0.15, 0.2) is 88.1 Å². The molecular formula is C22H16Cl2N6O3. The molecule has 0 aliphatic heterocycles. The zero-order chi connectivity index (χ0) is 23.6. The van der Waals surface area contributed by atoms with Gasteiger partial charge in [0.15, 0.2) is 0 Å². The molecule has 11 heteroatoms. The standard InChI is InChI=1S/C22H16Cl2N6O3/c23-18-7-1-15(2-8-18)13-25-28-22(29-26-14-16-3-9-19(24)10-4-16)27-21(31)17-5-11-20(12-6-17)30(32)33/h1-14H,(H2,27,28,29,31). The van der Waals surface area contributed by atoms with E-state index in [-0.39, 0.29) is 17.2 Å². The van der Waals surface area contributed by atoms with Crippen molar-refractivity contribution < 1.29 is 9.72 Å². The Morgan fingerprint density at radius 2 is 1.39 bits per heavy atom. The van der Waals surface area contributed by atoms with Crippen molar-refractivity contribution in [2.45, 2.75) is 0 Å². The monoisotopic (exact) mass is 482 g/mol. The van der Waals surface area contributed by atoms with Gasteiger partial charge in [-0.3, -0.25) is 20.2 Å². The van der Waals surface area contributed by atoms with E-state index in [4.69, 9.17) is 23.2 Å². The summed E-state index contributed by atoms with van der Waals surface area (Å²) in [5.74, 6) is -0.617. The van der Waals surface area contributed by atoms with Crippen molar-refractivity contribution >= 4 is 53.2 Å². The van der Waals surface area contributed by atoms with Crippen LogP contribution in [0.5, 0.6) is 0 Å². The van der Waals surface area contributed by atoms with Gasteiger partial charge < -0.3 is 0 Å². The molecule has 1 amide bonds. The number of benzene rings is 3. The number of hydrazone groups is 1. The molecule has 166 valence electrons. The summed E-state index contributed by atoms with van der Waals surface area (Å²) in [5, 5.41) is 26.5. The zero-order valence-corrected chi connectivity index (χ0v) is 18.4. The first-order chi connectivity index (χ1) is 15.9. The molecule has 33 heavy (non-hydrogen) atoms. The van der Waals surface area contributed by atoms with Gasteiger partial charge in [0.25, 0.3) is 11.6 Å². The van der Waals surface area contributed by atoms with Crippen LogP contribution in [0.25, 0.3) is 0 Å². The van der Waals surface area contributed by atoms with Crippen LogP contribution >= 0.6 is 23.2 Å². The van der Waals surface area contributed by atoms with Gasteiger partial charge in [-0.15, -0.1) is 5.10 Å². The number of non-ortho nitro benzene ring substituents is 1. The Balaban J connectivity index is 1.75. The van der Waals surface area contributed by atoms with Gasteiger partial charge in [0.2, 0.25) is 5.96 Å². The lowest BCUT2D eigenvalue weighted by atomic mass is 10.2. The maximum atomic E-state index is 12.5. The van der Waals surface area contributed by atoms with Crippen molar-refractivity contribution in [1.29, 1.82) is 0 Å². The number of nitrogens with one attached hydrogen (secondary N) is 2. The van der Waals surface area contributed by atoms with Crippen LogP contribution in [0.2, 0.25) is 10.0 Å². The van der Waals surface area contributed by atoms with E-state index < -0.39 is 10.8 Å². The van der Waals surface area contributed by atoms with Crippen LogP contribution in [0.1, 0.15) is 21.5 Å². The molecule has 0 bridgehead atoms. The van der Waals surface area contributed by atoms with Crippen LogP contribution < -0.4 is 10.7 Å². The van der Waals surface area contributed by atoms with E-state index in [0.29, 0.717) is 10.0 Å². The first-order valence-electron chi connectivity index (χ1n) is 9.38. The highest BCUT2D eigenvalue weighted by molar-refractivity contribution is 6.30. The highest BCUT2D eigenvalue weighted by Gasteiger charge is 2.11. The lowest BCUT2D eigenvalue weighted by Gasteiger charge is -2.06. The maximum Gasteiger partial charge on any atom is 0.269 e. The number of hydrogen-bond acceptors (Lipinski definition) is 6. The van der Waals surface area contributed by atoms with E-state index in [1.54, 1.807) is 48.5 Å². The highest BCUT2D eigenvalue weighted by Crippen LogP contribution is 2.12. The second-order valence-electron chi connectivity index (χ2n) is 6.42. The molecule has 3 aromatic rings. The summed E-state index contributed by atoms with van der Waals surface area (Å²) in [6, 6.07) is 19.0. The predicted molar refractivity (Wildman–Crippen MR) is 129 cm³/mol. The molecule has 9 nitrogen and oxygen atoms in total. The van der Waals surface area contributed by atoms with Gasteiger partial charge in [-0.1, -0.05) is 47.5 Å². The highest BCUT2D eigenvalue weighted by atomic mass is 35.5. The van der Waals surface area contributed by atoms with E-state index in [1.807, 2.05) is 0 Å². The van der Waals surface area contributed by atoms with E-state index >= 15 is 0 Å². The van der Waals surface area contributed by atoms with Crippen LogP contribution in [0.3, 0.4) is 0 Å². The Hall–Kier alpha value is -4.08. The van der Waals surface area contributed by atoms with Crippen LogP contribution in [-0.4, -0.2) is 29.2 Å². The first-order valence-corrected chi connectivity index (χ1v) is 10.1. The van der Waals surface area contributed by atoms with E-state index in [2.05, 4.69) is 26.0 Å². The number of amides is 1. The number of halogens is 2. The van der Waals surface area contributed by atoms with Gasteiger partial charge in [-0.2, -0.15) is 10.2 Å². The number of guanidine groups is 1. The van der Waals surface area contributed by atoms with E-state index in [9.17, 15) is 14.9 Å². The van der Waals surface area contributed by atoms with Crippen LogP contribution in [-0.2, 0) is 0 Å². The van der Waals surface area contributed by atoms with E-state index in [1.165, 1.54) is 36.7 Å². The lowest BCUT2D eigenvalue weighted by Crippen LogP contribution is -2.38. The molecule has 3 rings (SSSR count). The van der Waals surface area contributed by atoms with Crippen molar-refractivity contribution in [3.8, 4) is 0 Å². The van der Waals surface area contributed by atoms with Crippen molar-refractivity contribution in [3.05, 3.63) is 110 Å². The third-order valence-electron chi connectivity index (χ3n) is 4.06. The summed E-state index contributed by atoms with van der Waals surface area (Å²) in [6.45, 7) is 0. The minimum absolute atomic E-state index is 0.0613. The molecule has 0 aliphatic carbocycles. The van der Waals surface area contributed by atoms with Gasteiger partial charge in [-0.05, 0) is 47.5 Å². The SMILES string of the molecule is O=C(NC(=NN=Cc1ccc(Cl)cc1)NN=Cc1ccc(Cl)cc1)c1ccc([N+](=O)[O-])cc1. The number of nitro benzene ring substituents is 1. The quantitative estimate of drug-likeness (QED) is 0.230. The largest absolute Gasteiger partial charge is 0.290 e. The Bertz CT molecular complexity index is 1210. The van der Waals surface area contributed by atoms with Crippen LogP contribution in [0, 0.1) is 10.1 Å². The summed E-state index contributed by atoms with van der Waals surface area (Å²) in [6.07, 6.45) is 2.98. The summed E-state index contributed by atoms with van der Waals surface area (Å²) >= 11 is 11.7. The van der Waals surface area contributed by atoms with Gasteiger partial charge in [0.1, 0.15) is 0 Å². The topological polar surface area (TPSA) is 121 Å². The molecule has 0 fully saturated rings. The van der Waals surface area contributed by atoms with Crippen molar-refractivity contribution in [1.82, 2.24) is 10.7 Å². The normalized spacial score (nSPS) is 11.6. The third-order valence-corrected chi connectivity index (χ3v) is 4.56. The second kappa shape index (κ2) is 11.5. The van der Waals surface area contributed by atoms with Crippen LogP contribution in [0.4, 0.5) is 5.69 Å². The molecule has 0 saturated heterocycles. The molecular weight excluding hydrogens is 467 g/mol. The molecule has 0 aliphatic rings. The van der Waals surface area contributed by atoms with Crippen molar-refractivity contribution in [2.75, 3.05) is 0 Å². The van der Waals surface area contributed by atoms with E-state index in [0.717, 1.165) is 11.1 Å². The summed E-state index contributed by atoms with van der Waals surface area (Å²) in [7, 11) is 0. The second-order valence-corrected chi connectivity index (χ2v) is 7.30. The smallest absolute Gasteiger partial charge is 0.269 e. The fourth-order valence-corrected chi connectivity index (χ4v) is 2.66. The molecule has 0 heterocycles. The number of nitrogens with zero attached hydrogens (tertiary/aromatic N) is 4. The molecule has 0 saturated carbocycles. The average molecular weight is 483 g/mol. The fourth-order valence-electron chi connectivity index (χ4n) is 2.41. The van der Waals surface area contributed by atoms with Gasteiger partial charge in [-0.25, -0.2) is 5.43 Å². The Labute approximate surface area is 198 Å². The molecule has 0 unspecified atom stereocenters. The average Bonchev–Trinajstić information content (AvgIpc) is 2.81. The number of carbonyl (C=O) groups excluding carboxylic acids is 1. The third kappa shape index (κ3) is 7.53. The zero-order valence-electron chi connectivity index (χ0n) is 16.9. The lowest BCUT2D eigenvalue weighted by molar-refractivity contribution is -0.384. The first kappa shape index (κ1) is 23.6. The van der Waals surface area contributed by atoms with Gasteiger partial charge in [0.05, 0.1) is 17.4 Å². The summed E-state index contributed by atoms with van der Waals surface area (Å²) in [5.41, 5.74) is 4.19. The Morgan fingerprint density at radius 1 is 0.848 bits per heavy atom. The molecule has 0 radical (unpaired) electrons. The fraction of sp³-hybridized carbons (Fsp3) is 0. The Kier molecular flexibility index (Phi) is 8.23. The number of carbonyl (C=O) groups is 1. The summed E-state index contributed by atoms with van der Waals surface area (Å²) < 4.78 is 0. The molecule has 0 atom stereocenters. The number of nitro groups is 1. The maximum absolute atomic E-state index is 12.5. The minimum Gasteiger partial charge on any atom is -0.290 e. The summed E-state index contributed by atoms with van der Waals surface area (Å²) in [4.78, 5) is 22.8. The molecule has 0 aromatic heterocycles. The Morgan fingerprint density at radius 3 is 1.94 bits per heavy atom. The van der Waals surface area contributed by atoms with Gasteiger partial charge in [0, 0.05) is 27.7 Å². The minimum atomic E-state index is -0.556. The molecule has 2 N–H and O–H groups in total. The van der Waals surface area contributed by atoms with Gasteiger partial charge >= 0.3 is 0 Å². The predicted octanol–water partition coefficient (Wildman–Crippen LogP) is 4.65. The van der Waals surface area contributed by atoms with Crippen molar-refractivity contribution in [2.24, 2.45) is 15.3 Å². The number of rotatable bonds is 6.